The smallest absolute Gasteiger partial charge is 0.224 e. The molecule has 1 N–H and O–H groups in total. The average molecular weight is 393 g/mol. The number of anilines is 1. The molecule has 2 aliphatic heterocycles. The zero-order chi connectivity index (χ0) is 19.8. The molecule has 1 aliphatic carbocycles. The highest BCUT2D eigenvalue weighted by Gasteiger charge is 2.34. The van der Waals surface area contributed by atoms with E-state index in [1.807, 2.05) is 0 Å². The molecule has 3 fully saturated rings. The Morgan fingerprint density at radius 1 is 1.07 bits per heavy atom. The third-order valence-corrected chi connectivity index (χ3v) is 6.89. The van der Waals surface area contributed by atoms with Crippen molar-refractivity contribution in [3.63, 3.8) is 0 Å². The predicted molar refractivity (Wildman–Crippen MR) is 117 cm³/mol. The number of aryl methyl sites for hydroxylation is 1. The van der Waals surface area contributed by atoms with Gasteiger partial charge in [-0.15, -0.1) is 0 Å². The molecule has 5 nitrogen and oxygen atoms in total. The molecule has 5 heteroatoms. The Morgan fingerprint density at radius 2 is 1.86 bits per heavy atom. The number of amides is 1. The molecule has 1 atom stereocenters. The summed E-state index contributed by atoms with van der Waals surface area (Å²) in [5, 5.41) is 4.47. The van der Waals surface area contributed by atoms with Gasteiger partial charge < -0.3 is 10.2 Å². The zero-order valence-electron chi connectivity index (χ0n) is 17.4. The lowest BCUT2D eigenvalue weighted by Gasteiger charge is -2.42. The number of pyridine rings is 1. The number of piperidine rings is 2. The van der Waals surface area contributed by atoms with Crippen molar-refractivity contribution in [1.82, 2.24) is 15.2 Å². The third kappa shape index (κ3) is 4.11. The van der Waals surface area contributed by atoms with Crippen LogP contribution in [0.25, 0.3) is 10.9 Å². The first kappa shape index (κ1) is 18.9. The van der Waals surface area contributed by atoms with Crippen LogP contribution in [0.5, 0.6) is 0 Å². The van der Waals surface area contributed by atoms with Gasteiger partial charge in [0.25, 0.3) is 0 Å². The number of carbonyl (C=O) groups excluding carboxylic acids is 1. The fourth-order valence-electron chi connectivity index (χ4n) is 5.12. The minimum Gasteiger partial charge on any atom is -0.371 e. The van der Waals surface area contributed by atoms with E-state index in [0.29, 0.717) is 18.0 Å². The normalized spacial score (nSPS) is 24.0. The Balaban J connectivity index is 1.23. The highest BCUT2D eigenvalue weighted by Crippen LogP contribution is 2.31. The fourth-order valence-corrected chi connectivity index (χ4v) is 5.12. The Labute approximate surface area is 173 Å². The van der Waals surface area contributed by atoms with Crippen molar-refractivity contribution in [3.05, 3.63) is 36.0 Å². The van der Waals surface area contributed by atoms with Crippen molar-refractivity contribution in [2.75, 3.05) is 31.1 Å². The molecule has 3 heterocycles. The molecule has 1 unspecified atom stereocenters. The Hall–Kier alpha value is -2.14. The fraction of sp³-hybridized carbons (Fsp3) is 0.583. The van der Waals surface area contributed by atoms with Crippen molar-refractivity contribution in [1.29, 1.82) is 0 Å². The minimum absolute atomic E-state index is 0.189. The van der Waals surface area contributed by atoms with Crippen LogP contribution in [0.1, 0.15) is 44.2 Å². The lowest BCUT2D eigenvalue weighted by molar-refractivity contribution is -0.127. The van der Waals surface area contributed by atoms with Crippen LogP contribution >= 0.6 is 0 Å². The lowest BCUT2D eigenvalue weighted by Crippen LogP contribution is -2.51. The first-order valence-electron chi connectivity index (χ1n) is 11.3. The Kier molecular flexibility index (Phi) is 5.17. The van der Waals surface area contributed by atoms with Crippen molar-refractivity contribution >= 4 is 22.5 Å². The molecule has 1 aromatic carbocycles. The summed E-state index contributed by atoms with van der Waals surface area (Å²) in [7, 11) is 0. The number of nitrogens with one attached hydrogen (secondary N) is 1. The zero-order valence-corrected chi connectivity index (χ0v) is 17.4. The maximum atomic E-state index is 12.5. The van der Waals surface area contributed by atoms with E-state index in [4.69, 9.17) is 4.98 Å². The number of fused-ring (bicyclic) bond motifs is 1. The van der Waals surface area contributed by atoms with Gasteiger partial charge in [0.2, 0.25) is 5.91 Å². The standard InChI is InChI=1S/C24H32N4O/c1-17-15-23(21-6-2-3-7-22(21)25-17)27-13-10-20(11-14-27)28-12-4-5-18(16-28)24(29)26-19-8-9-19/h2-3,6-7,15,18-20H,4-5,8-14,16H2,1H3,(H,26,29). The van der Waals surface area contributed by atoms with Crippen molar-refractivity contribution in [2.45, 2.75) is 57.5 Å². The number of aromatic nitrogens is 1. The number of carbonyl (C=O) groups is 1. The molecule has 29 heavy (non-hydrogen) atoms. The van der Waals surface area contributed by atoms with Crippen LogP contribution in [0.4, 0.5) is 5.69 Å². The van der Waals surface area contributed by atoms with E-state index in [0.717, 1.165) is 50.2 Å². The molecule has 154 valence electrons. The van der Waals surface area contributed by atoms with Crippen molar-refractivity contribution < 1.29 is 4.79 Å². The molecule has 0 radical (unpaired) electrons. The van der Waals surface area contributed by atoms with Gasteiger partial charge in [0, 0.05) is 48.5 Å². The molecular formula is C24H32N4O. The number of rotatable bonds is 4. The maximum Gasteiger partial charge on any atom is 0.224 e. The Bertz CT molecular complexity index is 886. The molecule has 1 saturated carbocycles. The van der Waals surface area contributed by atoms with Crippen LogP contribution in [0.2, 0.25) is 0 Å². The predicted octanol–water partition coefficient (Wildman–Crippen LogP) is 3.50. The number of hydrogen-bond acceptors (Lipinski definition) is 4. The molecule has 1 aromatic heterocycles. The topological polar surface area (TPSA) is 48.5 Å². The number of benzene rings is 1. The van der Waals surface area contributed by atoms with Crippen LogP contribution in [0, 0.1) is 12.8 Å². The summed E-state index contributed by atoms with van der Waals surface area (Å²) < 4.78 is 0. The lowest BCUT2D eigenvalue weighted by atomic mass is 9.93. The summed E-state index contributed by atoms with van der Waals surface area (Å²) in [5.41, 5.74) is 3.50. The van der Waals surface area contributed by atoms with E-state index in [1.165, 1.54) is 36.8 Å². The van der Waals surface area contributed by atoms with E-state index < -0.39 is 0 Å². The van der Waals surface area contributed by atoms with E-state index in [9.17, 15) is 4.79 Å². The summed E-state index contributed by atoms with van der Waals surface area (Å²) in [6.07, 6.45) is 6.89. The van der Waals surface area contributed by atoms with Crippen molar-refractivity contribution in [3.8, 4) is 0 Å². The first-order chi connectivity index (χ1) is 14.2. The molecule has 2 aromatic rings. The molecular weight excluding hydrogens is 360 g/mol. The molecule has 1 amide bonds. The average Bonchev–Trinajstić information content (AvgIpc) is 3.57. The molecule has 0 bridgehead atoms. The number of nitrogens with zero attached hydrogens (tertiary/aromatic N) is 3. The summed E-state index contributed by atoms with van der Waals surface area (Å²) in [6.45, 7) is 6.33. The van der Waals surface area contributed by atoms with Gasteiger partial charge in [0.1, 0.15) is 0 Å². The van der Waals surface area contributed by atoms with Gasteiger partial charge >= 0.3 is 0 Å². The summed E-state index contributed by atoms with van der Waals surface area (Å²) in [5.74, 6) is 0.488. The van der Waals surface area contributed by atoms with Gasteiger partial charge in [-0.3, -0.25) is 14.7 Å². The SMILES string of the molecule is Cc1cc(N2CCC(N3CCCC(C(=O)NC4CC4)C3)CC2)c2ccccc2n1. The third-order valence-electron chi connectivity index (χ3n) is 6.89. The van der Waals surface area contributed by atoms with E-state index in [2.05, 4.69) is 52.4 Å². The summed E-state index contributed by atoms with van der Waals surface area (Å²) in [4.78, 5) is 22.4. The van der Waals surface area contributed by atoms with Gasteiger partial charge in [-0.05, 0) is 64.1 Å². The van der Waals surface area contributed by atoms with Gasteiger partial charge in [-0.25, -0.2) is 0 Å². The molecule has 3 aliphatic rings. The second-order valence-electron chi connectivity index (χ2n) is 9.14. The van der Waals surface area contributed by atoms with Gasteiger partial charge in [0.15, 0.2) is 0 Å². The van der Waals surface area contributed by atoms with Gasteiger partial charge in [-0.1, -0.05) is 18.2 Å². The number of likely N-dealkylation sites (tertiary alicyclic amines) is 1. The minimum atomic E-state index is 0.189. The van der Waals surface area contributed by atoms with Crippen LogP contribution in [-0.4, -0.2) is 54.1 Å². The monoisotopic (exact) mass is 392 g/mol. The Morgan fingerprint density at radius 3 is 2.66 bits per heavy atom. The van der Waals surface area contributed by atoms with E-state index in [1.54, 1.807) is 0 Å². The van der Waals surface area contributed by atoms with Crippen LogP contribution in [0.15, 0.2) is 30.3 Å². The maximum absolute atomic E-state index is 12.5. The second-order valence-corrected chi connectivity index (χ2v) is 9.14. The number of para-hydroxylation sites is 1. The first-order valence-corrected chi connectivity index (χ1v) is 11.3. The molecule has 5 rings (SSSR count). The van der Waals surface area contributed by atoms with Crippen LogP contribution in [0.3, 0.4) is 0 Å². The molecule has 0 spiro atoms. The number of hydrogen-bond donors (Lipinski definition) is 1. The largest absolute Gasteiger partial charge is 0.371 e. The summed E-state index contributed by atoms with van der Waals surface area (Å²) >= 11 is 0. The van der Waals surface area contributed by atoms with Crippen LogP contribution in [-0.2, 0) is 4.79 Å². The molecule has 2 saturated heterocycles. The van der Waals surface area contributed by atoms with E-state index in [-0.39, 0.29) is 5.92 Å². The summed E-state index contributed by atoms with van der Waals surface area (Å²) in [6, 6.07) is 11.8. The highest BCUT2D eigenvalue weighted by molar-refractivity contribution is 5.92. The second kappa shape index (κ2) is 7.94. The van der Waals surface area contributed by atoms with Crippen LogP contribution < -0.4 is 10.2 Å². The van der Waals surface area contributed by atoms with Crippen molar-refractivity contribution in [2.24, 2.45) is 5.92 Å². The van der Waals surface area contributed by atoms with E-state index >= 15 is 0 Å². The van der Waals surface area contributed by atoms with Gasteiger partial charge in [0.05, 0.1) is 11.4 Å². The van der Waals surface area contributed by atoms with Gasteiger partial charge in [-0.2, -0.15) is 0 Å². The highest BCUT2D eigenvalue weighted by atomic mass is 16.2. The quantitative estimate of drug-likeness (QED) is 0.865.